The summed E-state index contributed by atoms with van der Waals surface area (Å²) >= 11 is 0. The molecule has 1 heterocycles. The lowest BCUT2D eigenvalue weighted by atomic mass is 10.0. The molecule has 156 valence electrons. The van der Waals surface area contributed by atoms with Crippen LogP contribution in [0.25, 0.3) is 11.0 Å². The molecule has 4 aromatic rings. The van der Waals surface area contributed by atoms with Gasteiger partial charge in [0.15, 0.2) is 0 Å². The van der Waals surface area contributed by atoms with Gasteiger partial charge in [0.1, 0.15) is 5.75 Å². The second-order valence-electron chi connectivity index (χ2n) is 7.06. The molecule has 1 aromatic heterocycles. The smallest absolute Gasteiger partial charge is 0.305 e. The van der Waals surface area contributed by atoms with Crippen molar-refractivity contribution in [3.8, 4) is 5.75 Å². The van der Waals surface area contributed by atoms with Crippen LogP contribution >= 0.6 is 0 Å². The molecule has 0 fully saturated rings. The van der Waals surface area contributed by atoms with E-state index < -0.39 is 5.97 Å². The van der Waals surface area contributed by atoms with Crippen LogP contribution < -0.4 is 10.1 Å². The Labute approximate surface area is 178 Å². The van der Waals surface area contributed by atoms with E-state index in [1.165, 1.54) is 0 Å². The summed E-state index contributed by atoms with van der Waals surface area (Å²) in [5.74, 6) is -0.452. The summed E-state index contributed by atoms with van der Waals surface area (Å²) in [6.45, 7) is 0. The molecule has 7 heteroatoms. The van der Waals surface area contributed by atoms with E-state index in [0.29, 0.717) is 22.5 Å². The quantitative estimate of drug-likeness (QED) is 0.468. The van der Waals surface area contributed by atoms with E-state index in [4.69, 9.17) is 4.74 Å². The van der Waals surface area contributed by atoms with Gasteiger partial charge in [-0.25, -0.2) is 4.98 Å². The van der Waals surface area contributed by atoms with Crippen LogP contribution in [0.5, 0.6) is 5.75 Å². The number of imidazole rings is 1. The van der Waals surface area contributed by atoms with E-state index in [1.807, 2.05) is 41.0 Å². The molecule has 1 amide bonds. The molecule has 0 spiro atoms. The lowest BCUT2D eigenvalue weighted by Gasteiger charge is -2.18. The van der Waals surface area contributed by atoms with Crippen molar-refractivity contribution in [2.75, 3.05) is 12.4 Å². The predicted molar refractivity (Wildman–Crippen MR) is 118 cm³/mol. The Hall–Kier alpha value is -4.13. The van der Waals surface area contributed by atoms with Gasteiger partial charge in [0.05, 0.1) is 36.9 Å². The highest BCUT2D eigenvalue weighted by Crippen LogP contribution is 2.28. The fraction of sp³-hybridized carbons (Fsp3) is 0.125. The number of ether oxygens (including phenoxy) is 1. The molecule has 1 atom stereocenters. The zero-order chi connectivity index (χ0) is 21.8. The first-order valence-electron chi connectivity index (χ1n) is 9.74. The van der Waals surface area contributed by atoms with Crippen LogP contribution in [-0.4, -0.2) is 33.6 Å². The van der Waals surface area contributed by atoms with E-state index in [2.05, 4.69) is 10.3 Å². The molecule has 0 aliphatic carbocycles. The zero-order valence-corrected chi connectivity index (χ0v) is 16.9. The van der Waals surface area contributed by atoms with E-state index in [9.17, 15) is 14.7 Å². The summed E-state index contributed by atoms with van der Waals surface area (Å²) in [5.41, 5.74) is 3.46. The lowest BCUT2D eigenvalue weighted by molar-refractivity contribution is -0.137. The minimum atomic E-state index is -0.890. The number of aromatic nitrogens is 2. The van der Waals surface area contributed by atoms with Crippen molar-refractivity contribution in [2.45, 2.75) is 12.5 Å². The molecule has 3 aromatic carbocycles. The first kappa shape index (κ1) is 20.2. The van der Waals surface area contributed by atoms with Gasteiger partial charge in [-0.3, -0.25) is 9.59 Å². The Bertz CT molecular complexity index is 1220. The van der Waals surface area contributed by atoms with E-state index >= 15 is 0 Å². The first-order valence-corrected chi connectivity index (χ1v) is 9.74. The third-order valence-electron chi connectivity index (χ3n) is 5.07. The molecule has 4 rings (SSSR count). The van der Waals surface area contributed by atoms with Crippen molar-refractivity contribution in [1.82, 2.24) is 9.55 Å². The lowest BCUT2D eigenvalue weighted by Crippen LogP contribution is -2.14. The predicted octanol–water partition coefficient (Wildman–Crippen LogP) is 4.36. The number of benzene rings is 3. The maximum absolute atomic E-state index is 12.5. The standard InChI is InChI=1S/C24H21N3O4/c1-31-19-10-7-17(8-11-19)24(30)26-18-9-12-21-20(13-18)25-15-27(21)22(14-23(28)29)16-5-3-2-4-6-16/h2-13,15,22H,14H2,1H3,(H,26,30)(H,28,29). The summed E-state index contributed by atoms with van der Waals surface area (Å²) in [6.07, 6.45) is 1.58. The highest BCUT2D eigenvalue weighted by molar-refractivity contribution is 6.05. The molecule has 31 heavy (non-hydrogen) atoms. The van der Waals surface area contributed by atoms with Gasteiger partial charge < -0.3 is 19.7 Å². The molecule has 0 saturated heterocycles. The number of carboxylic acids is 1. The topological polar surface area (TPSA) is 93.5 Å². The maximum atomic E-state index is 12.5. The average molecular weight is 415 g/mol. The van der Waals surface area contributed by atoms with Gasteiger partial charge in [0.2, 0.25) is 0 Å². The third-order valence-corrected chi connectivity index (χ3v) is 5.07. The Morgan fingerprint density at radius 1 is 1.06 bits per heavy atom. The van der Waals surface area contributed by atoms with Crippen LogP contribution in [0.3, 0.4) is 0 Å². The fourth-order valence-corrected chi connectivity index (χ4v) is 3.52. The zero-order valence-electron chi connectivity index (χ0n) is 16.9. The Morgan fingerprint density at radius 3 is 2.48 bits per heavy atom. The van der Waals surface area contributed by atoms with Gasteiger partial charge >= 0.3 is 5.97 Å². The molecule has 0 bridgehead atoms. The van der Waals surface area contributed by atoms with Crippen molar-refractivity contribution in [3.63, 3.8) is 0 Å². The average Bonchev–Trinajstić information content (AvgIpc) is 3.21. The number of fused-ring (bicyclic) bond motifs is 1. The number of carbonyl (C=O) groups excluding carboxylic acids is 1. The largest absolute Gasteiger partial charge is 0.497 e. The molecular weight excluding hydrogens is 394 g/mol. The number of methoxy groups -OCH3 is 1. The van der Waals surface area contributed by atoms with Crippen LogP contribution in [0.1, 0.15) is 28.4 Å². The number of aliphatic carboxylic acids is 1. The molecule has 0 aliphatic rings. The monoisotopic (exact) mass is 415 g/mol. The number of rotatable bonds is 7. The van der Waals surface area contributed by atoms with Crippen LogP contribution in [0.2, 0.25) is 0 Å². The summed E-state index contributed by atoms with van der Waals surface area (Å²) < 4.78 is 6.97. The van der Waals surface area contributed by atoms with Crippen molar-refractivity contribution >= 4 is 28.6 Å². The summed E-state index contributed by atoms with van der Waals surface area (Å²) in [5, 5.41) is 12.3. The van der Waals surface area contributed by atoms with E-state index in [-0.39, 0.29) is 18.4 Å². The van der Waals surface area contributed by atoms with Crippen molar-refractivity contribution in [1.29, 1.82) is 0 Å². The summed E-state index contributed by atoms with van der Waals surface area (Å²) in [6, 6.07) is 21.3. The second kappa shape index (κ2) is 8.71. The van der Waals surface area contributed by atoms with Crippen LogP contribution in [-0.2, 0) is 4.79 Å². The normalized spacial score (nSPS) is 11.8. The van der Waals surface area contributed by atoms with Gasteiger partial charge in [0.25, 0.3) is 5.91 Å². The minimum Gasteiger partial charge on any atom is -0.497 e. The highest BCUT2D eigenvalue weighted by atomic mass is 16.5. The maximum Gasteiger partial charge on any atom is 0.305 e. The Kier molecular flexibility index (Phi) is 5.66. The molecule has 7 nitrogen and oxygen atoms in total. The first-order chi connectivity index (χ1) is 15.0. The van der Waals surface area contributed by atoms with Gasteiger partial charge in [-0.2, -0.15) is 0 Å². The number of hydrogen-bond donors (Lipinski definition) is 2. The highest BCUT2D eigenvalue weighted by Gasteiger charge is 2.20. The van der Waals surface area contributed by atoms with Crippen LogP contribution in [0, 0.1) is 0 Å². The molecule has 1 unspecified atom stereocenters. The fourth-order valence-electron chi connectivity index (χ4n) is 3.52. The number of nitrogens with one attached hydrogen (secondary N) is 1. The minimum absolute atomic E-state index is 0.0641. The van der Waals surface area contributed by atoms with Gasteiger partial charge in [-0.1, -0.05) is 30.3 Å². The van der Waals surface area contributed by atoms with Gasteiger partial charge in [0, 0.05) is 11.3 Å². The summed E-state index contributed by atoms with van der Waals surface area (Å²) in [7, 11) is 1.57. The SMILES string of the molecule is COc1ccc(C(=O)Nc2ccc3c(c2)ncn3C(CC(=O)O)c2ccccc2)cc1. The second-order valence-corrected chi connectivity index (χ2v) is 7.06. The molecule has 2 N–H and O–H groups in total. The van der Waals surface area contributed by atoms with Gasteiger partial charge in [-0.15, -0.1) is 0 Å². The van der Waals surface area contributed by atoms with E-state index in [0.717, 1.165) is 11.1 Å². The molecule has 0 aliphatic heterocycles. The summed E-state index contributed by atoms with van der Waals surface area (Å²) in [4.78, 5) is 28.4. The number of amides is 1. The van der Waals surface area contributed by atoms with Crippen molar-refractivity contribution in [2.24, 2.45) is 0 Å². The molecule has 0 radical (unpaired) electrons. The van der Waals surface area contributed by atoms with Crippen molar-refractivity contribution in [3.05, 3.63) is 90.3 Å². The molecular formula is C24H21N3O4. The number of carbonyl (C=O) groups is 2. The molecule has 0 saturated carbocycles. The van der Waals surface area contributed by atoms with E-state index in [1.54, 1.807) is 49.8 Å². The van der Waals surface area contributed by atoms with Gasteiger partial charge in [-0.05, 0) is 48.0 Å². The number of hydrogen-bond acceptors (Lipinski definition) is 4. The van der Waals surface area contributed by atoms with Crippen molar-refractivity contribution < 1.29 is 19.4 Å². The number of carboxylic acid groups (broad SMARTS) is 1. The number of anilines is 1. The van der Waals surface area contributed by atoms with Crippen LogP contribution in [0.15, 0.2) is 79.1 Å². The Morgan fingerprint density at radius 2 is 1.81 bits per heavy atom. The number of nitrogens with zero attached hydrogens (tertiary/aromatic N) is 2. The Balaban J connectivity index is 1.61. The van der Waals surface area contributed by atoms with Crippen LogP contribution in [0.4, 0.5) is 5.69 Å². The third kappa shape index (κ3) is 4.40.